The Hall–Kier alpha value is -1.07. The maximum absolute atomic E-state index is 5.57. The number of hydrazine groups is 1. The van der Waals surface area contributed by atoms with Gasteiger partial charge in [-0.25, -0.2) is 5.84 Å². The van der Waals surface area contributed by atoms with Crippen molar-refractivity contribution >= 4 is 23.1 Å². The number of halogens is 1. The third-order valence-corrected chi connectivity index (χ3v) is 1.55. The zero-order valence-electron chi connectivity index (χ0n) is 6.42. The summed E-state index contributed by atoms with van der Waals surface area (Å²) >= 11 is 5.51. The summed E-state index contributed by atoms with van der Waals surface area (Å²) in [5, 5.41) is 7.59. The van der Waals surface area contributed by atoms with E-state index in [9.17, 15) is 0 Å². The highest BCUT2D eigenvalue weighted by atomic mass is 35.5. The molecule has 0 aromatic carbocycles. The molecular weight excluding hydrogens is 178 g/mol. The second-order valence-electron chi connectivity index (χ2n) is 2.22. The lowest BCUT2D eigenvalue weighted by Gasteiger charge is -2.03. The molecule has 66 valence electrons. The number of nitrogens with zero attached hydrogens (tertiary/aromatic N) is 2. The maximum atomic E-state index is 5.57. The number of rotatable bonds is 3. The Balaban J connectivity index is 2.86. The molecule has 5 nitrogen and oxygen atoms in total. The number of nitrogens with one attached hydrogen (secondary N) is 1. The summed E-state index contributed by atoms with van der Waals surface area (Å²) in [5.74, 6) is 6.00. The molecule has 1 aromatic rings. The zero-order valence-corrected chi connectivity index (χ0v) is 7.17. The number of hydrogen-bond acceptors (Lipinski definition) is 5. The van der Waals surface area contributed by atoms with Crippen molar-refractivity contribution < 1.29 is 0 Å². The average Bonchev–Trinajstić information content (AvgIpc) is 2.05. The fourth-order valence-corrected chi connectivity index (χ4v) is 0.973. The van der Waals surface area contributed by atoms with Crippen LogP contribution >= 0.6 is 11.6 Å². The lowest BCUT2D eigenvalue weighted by molar-refractivity contribution is 0.923. The van der Waals surface area contributed by atoms with Crippen LogP contribution in [-0.4, -0.2) is 16.1 Å². The molecule has 0 atom stereocenters. The van der Waals surface area contributed by atoms with Gasteiger partial charge in [-0.1, -0.05) is 0 Å². The molecule has 0 radical (unpaired) electrons. The second-order valence-corrected chi connectivity index (χ2v) is 2.60. The first-order chi connectivity index (χ1) is 5.77. The van der Waals surface area contributed by atoms with Crippen molar-refractivity contribution in [2.45, 2.75) is 6.42 Å². The van der Waals surface area contributed by atoms with Crippen LogP contribution in [0.1, 0.15) is 5.69 Å². The Morgan fingerprint density at radius 3 is 2.75 bits per heavy atom. The first-order valence-electron chi connectivity index (χ1n) is 3.42. The van der Waals surface area contributed by atoms with Gasteiger partial charge in [-0.05, 0) is 6.07 Å². The summed E-state index contributed by atoms with van der Waals surface area (Å²) in [6.45, 7) is 0. The van der Waals surface area contributed by atoms with E-state index in [4.69, 9.17) is 23.2 Å². The van der Waals surface area contributed by atoms with E-state index in [1.54, 1.807) is 6.07 Å². The van der Waals surface area contributed by atoms with Gasteiger partial charge in [-0.3, -0.25) is 0 Å². The Labute approximate surface area is 75.1 Å². The SMILES string of the molecule is NNc1nnc(CCCl)cc1N. The number of hydrogen-bond donors (Lipinski definition) is 3. The van der Waals surface area contributed by atoms with Gasteiger partial charge in [0.2, 0.25) is 0 Å². The Bertz CT molecular complexity index is 264. The minimum Gasteiger partial charge on any atom is -0.396 e. The maximum Gasteiger partial charge on any atom is 0.185 e. The molecule has 0 amide bonds. The highest BCUT2D eigenvalue weighted by Gasteiger charge is 2.01. The highest BCUT2D eigenvalue weighted by molar-refractivity contribution is 6.17. The largest absolute Gasteiger partial charge is 0.396 e. The number of anilines is 2. The van der Waals surface area contributed by atoms with Crippen molar-refractivity contribution in [1.82, 2.24) is 10.2 Å². The van der Waals surface area contributed by atoms with E-state index < -0.39 is 0 Å². The van der Waals surface area contributed by atoms with Crippen LogP contribution in [0.25, 0.3) is 0 Å². The molecule has 0 aliphatic rings. The quantitative estimate of drug-likeness (QED) is 0.356. The zero-order chi connectivity index (χ0) is 8.97. The van der Waals surface area contributed by atoms with Gasteiger partial charge in [0.15, 0.2) is 5.82 Å². The third kappa shape index (κ3) is 1.96. The number of nitrogen functional groups attached to an aromatic ring is 2. The van der Waals surface area contributed by atoms with Crippen LogP contribution in [0.5, 0.6) is 0 Å². The minimum absolute atomic E-state index is 0.383. The van der Waals surface area contributed by atoms with Gasteiger partial charge >= 0.3 is 0 Å². The van der Waals surface area contributed by atoms with Gasteiger partial charge in [0, 0.05) is 12.3 Å². The van der Waals surface area contributed by atoms with Crippen LogP contribution in [-0.2, 0) is 6.42 Å². The monoisotopic (exact) mass is 187 g/mol. The van der Waals surface area contributed by atoms with Crippen molar-refractivity contribution in [3.05, 3.63) is 11.8 Å². The Kier molecular flexibility index (Phi) is 3.07. The molecule has 1 heterocycles. The Morgan fingerprint density at radius 1 is 1.50 bits per heavy atom. The van der Waals surface area contributed by atoms with Crippen LogP contribution in [0.3, 0.4) is 0 Å². The molecule has 0 aliphatic heterocycles. The van der Waals surface area contributed by atoms with Gasteiger partial charge in [0.1, 0.15) is 0 Å². The van der Waals surface area contributed by atoms with Gasteiger partial charge in [0.25, 0.3) is 0 Å². The molecule has 1 aromatic heterocycles. The number of alkyl halides is 1. The smallest absolute Gasteiger partial charge is 0.185 e. The fourth-order valence-electron chi connectivity index (χ4n) is 0.780. The molecule has 0 saturated carbocycles. The second kappa shape index (κ2) is 4.08. The van der Waals surface area contributed by atoms with E-state index in [1.807, 2.05) is 0 Å². The lowest BCUT2D eigenvalue weighted by atomic mass is 10.3. The molecule has 0 fully saturated rings. The molecular formula is C6H10ClN5. The molecule has 12 heavy (non-hydrogen) atoms. The molecule has 0 unspecified atom stereocenters. The fraction of sp³-hybridized carbons (Fsp3) is 0.333. The molecule has 0 spiro atoms. The minimum atomic E-state index is 0.383. The van der Waals surface area contributed by atoms with Crippen molar-refractivity contribution in [2.24, 2.45) is 5.84 Å². The lowest BCUT2D eigenvalue weighted by Crippen LogP contribution is -2.12. The summed E-state index contributed by atoms with van der Waals surface area (Å²) in [4.78, 5) is 0. The van der Waals surface area contributed by atoms with Gasteiger partial charge in [0.05, 0.1) is 11.4 Å². The van der Waals surface area contributed by atoms with E-state index in [-0.39, 0.29) is 0 Å². The van der Waals surface area contributed by atoms with Gasteiger partial charge in [-0.15, -0.1) is 16.7 Å². The van der Waals surface area contributed by atoms with E-state index in [0.29, 0.717) is 23.8 Å². The van der Waals surface area contributed by atoms with Gasteiger partial charge < -0.3 is 11.2 Å². The van der Waals surface area contributed by atoms with Crippen LogP contribution < -0.4 is 17.0 Å². The third-order valence-electron chi connectivity index (χ3n) is 1.36. The predicted molar refractivity (Wildman–Crippen MR) is 48.7 cm³/mol. The average molecular weight is 188 g/mol. The molecule has 0 aliphatic carbocycles. The van der Waals surface area contributed by atoms with Crippen molar-refractivity contribution in [2.75, 3.05) is 17.0 Å². The molecule has 5 N–H and O–H groups in total. The summed E-state index contributed by atoms with van der Waals surface area (Å²) in [6, 6.07) is 1.70. The standard InChI is InChI=1S/C6H10ClN5/c7-2-1-4-3-5(8)6(10-9)12-11-4/h3H,1-2,9H2,(H2,8,11)(H,10,12). The van der Waals surface area contributed by atoms with E-state index in [2.05, 4.69) is 15.6 Å². The Morgan fingerprint density at radius 2 is 2.25 bits per heavy atom. The summed E-state index contributed by atoms with van der Waals surface area (Å²) in [6.07, 6.45) is 0.656. The molecule has 6 heteroatoms. The van der Waals surface area contributed by atoms with Crippen molar-refractivity contribution in [3.8, 4) is 0 Å². The number of nitrogens with two attached hydrogens (primary N) is 2. The number of aromatic nitrogens is 2. The van der Waals surface area contributed by atoms with E-state index in [1.165, 1.54) is 0 Å². The summed E-state index contributed by atoms with van der Waals surface area (Å²) in [7, 11) is 0. The molecule has 0 saturated heterocycles. The summed E-state index contributed by atoms with van der Waals surface area (Å²) in [5.41, 5.74) is 9.15. The normalized spacial score (nSPS) is 9.83. The highest BCUT2D eigenvalue weighted by Crippen LogP contribution is 2.12. The van der Waals surface area contributed by atoms with Crippen LogP contribution in [0, 0.1) is 0 Å². The van der Waals surface area contributed by atoms with E-state index >= 15 is 0 Å². The first-order valence-corrected chi connectivity index (χ1v) is 3.96. The number of aryl methyl sites for hydroxylation is 1. The van der Waals surface area contributed by atoms with Crippen molar-refractivity contribution in [3.63, 3.8) is 0 Å². The molecule has 1 rings (SSSR count). The topological polar surface area (TPSA) is 89.8 Å². The van der Waals surface area contributed by atoms with Gasteiger partial charge in [-0.2, -0.15) is 5.10 Å². The van der Waals surface area contributed by atoms with Crippen molar-refractivity contribution in [1.29, 1.82) is 0 Å². The first kappa shape index (κ1) is 9.02. The van der Waals surface area contributed by atoms with Crippen LogP contribution in [0.15, 0.2) is 6.07 Å². The van der Waals surface area contributed by atoms with Crippen LogP contribution in [0.4, 0.5) is 11.5 Å². The molecule has 0 bridgehead atoms. The predicted octanol–water partition coefficient (Wildman–Crippen LogP) is 0.126. The van der Waals surface area contributed by atoms with E-state index in [0.717, 1.165) is 5.69 Å². The summed E-state index contributed by atoms with van der Waals surface area (Å²) < 4.78 is 0. The van der Waals surface area contributed by atoms with Crippen LogP contribution in [0.2, 0.25) is 0 Å².